The van der Waals surface area contributed by atoms with Crippen molar-refractivity contribution in [2.45, 2.75) is 6.54 Å². The summed E-state index contributed by atoms with van der Waals surface area (Å²) in [6.45, 7) is 2.43. The molecule has 2 N–H and O–H groups in total. The van der Waals surface area contributed by atoms with Gasteiger partial charge in [-0.15, -0.1) is 5.11 Å². The molecule has 0 radical (unpaired) electrons. The van der Waals surface area contributed by atoms with E-state index in [0.717, 1.165) is 17.6 Å². The number of aromatic nitrogens is 3. The first-order chi connectivity index (χ1) is 14.7. The van der Waals surface area contributed by atoms with Crippen LogP contribution in [-0.4, -0.2) is 46.4 Å². The second-order valence-corrected chi connectivity index (χ2v) is 6.55. The quantitative estimate of drug-likeness (QED) is 0.599. The maximum Gasteiger partial charge on any atom is 0.270 e. The average Bonchev–Trinajstić information content (AvgIpc) is 2.77. The highest BCUT2D eigenvalue weighted by Gasteiger charge is 2.17. The van der Waals surface area contributed by atoms with Crippen LogP contribution in [-0.2, 0) is 11.3 Å². The lowest BCUT2D eigenvalue weighted by molar-refractivity contribution is 0.122. The number of rotatable bonds is 6. The zero-order chi connectivity index (χ0) is 20.8. The molecule has 1 aromatic carbocycles. The van der Waals surface area contributed by atoms with Crippen molar-refractivity contribution in [2.75, 3.05) is 36.5 Å². The van der Waals surface area contributed by atoms with Gasteiger partial charge in [0.25, 0.3) is 5.95 Å². The van der Waals surface area contributed by atoms with Gasteiger partial charge >= 0.3 is 0 Å². The van der Waals surface area contributed by atoms with Crippen LogP contribution in [0.15, 0.2) is 59.0 Å². The largest absolute Gasteiger partial charge is 0.508 e. The number of azo groups is 1. The minimum atomic E-state index is -0.493. The smallest absolute Gasteiger partial charge is 0.270 e. The number of hydrogen-bond donors (Lipinski definition) is 2. The molecule has 0 atom stereocenters. The summed E-state index contributed by atoms with van der Waals surface area (Å²) >= 11 is 0. The Kier molecular flexibility index (Phi) is 6.04. The van der Waals surface area contributed by atoms with Crippen LogP contribution in [0.4, 0.5) is 27.5 Å². The van der Waals surface area contributed by atoms with Gasteiger partial charge in [-0.1, -0.05) is 6.07 Å². The van der Waals surface area contributed by atoms with Gasteiger partial charge in [0.2, 0.25) is 0 Å². The summed E-state index contributed by atoms with van der Waals surface area (Å²) in [6.07, 6.45) is 2.77. The van der Waals surface area contributed by atoms with E-state index >= 15 is 0 Å². The van der Waals surface area contributed by atoms with Gasteiger partial charge in [0.05, 0.1) is 37.0 Å². The summed E-state index contributed by atoms with van der Waals surface area (Å²) in [4.78, 5) is 14.2. The summed E-state index contributed by atoms with van der Waals surface area (Å²) in [6, 6.07) is 10.5. The number of phenolic OH excluding ortho intramolecular Hbond substituents is 1. The first kappa shape index (κ1) is 19.6. The number of ether oxygens (including phenoxy) is 1. The standard InChI is InChI=1S/C20H20FN7O2/c21-18-13-23-20(26-19(18)28-6-8-30-9-7-28)27-24-12-15-4-5-16(11-22-15)25-14-2-1-3-17(29)10-14/h1-5,10-11,13,25,29H,6-9,12H2/b27-24+. The fourth-order valence-corrected chi connectivity index (χ4v) is 2.91. The van der Waals surface area contributed by atoms with Crippen LogP contribution in [0.3, 0.4) is 0 Å². The third-order valence-electron chi connectivity index (χ3n) is 4.38. The van der Waals surface area contributed by atoms with E-state index in [1.807, 2.05) is 18.2 Å². The van der Waals surface area contributed by atoms with Gasteiger partial charge in [-0.3, -0.25) is 4.98 Å². The number of nitrogens with one attached hydrogen (secondary N) is 1. The average molecular weight is 409 g/mol. The van der Waals surface area contributed by atoms with Crippen molar-refractivity contribution in [1.82, 2.24) is 15.0 Å². The topological polar surface area (TPSA) is 108 Å². The third-order valence-corrected chi connectivity index (χ3v) is 4.38. The minimum absolute atomic E-state index is 0.0973. The number of pyridine rings is 1. The Morgan fingerprint density at radius 2 is 1.97 bits per heavy atom. The van der Waals surface area contributed by atoms with Crippen molar-refractivity contribution < 1.29 is 14.2 Å². The van der Waals surface area contributed by atoms with Gasteiger partial charge in [0.1, 0.15) is 12.3 Å². The molecule has 0 unspecified atom stereocenters. The molecule has 154 valence electrons. The fraction of sp³-hybridized carbons (Fsp3) is 0.250. The van der Waals surface area contributed by atoms with Gasteiger partial charge in [0.15, 0.2) is 11.6 Å². The summed E-state index contributed by atoms with van der Waals surface area (Å²) < 4.78 is 19.3. The molecule has 2 aromatic heterocycles. The molecule has 0 saturated carbocycles. The third kappa shape index (κ3) is 5.03. The van der Waals surface area contributed by atoms with Crippen LogP contribution in [0, 0.1) is 5.82 Å². The van der Waals surface area contributed by atoms with E-state index in [-0.39, 0.29) is 24.1 Å². The molecule has 0 aliphatic carbocycles. The van der Waals surface area contributed by atoms with Crippen molar-refractivity contribution in [1.29, 1.82) is 0 Å². The first-order valence-electron chi connectivity index (χ1n) is 9.41. The predicted molar refractivity (Wildman–Crippen MR) is 109 cm³/mol. The van der Waals surface area contributed by atoms with E-state index in [1.165, 1.54) is 0 Å². The van der Waals surface area contributed by atoms with E-state index in [0.29, 0.717) is 32.0 Å². The van der Waals surface area contributed by atoms with Crippen LogP contribution < -0.4 is 10.2 Å². The highest BCUT2D eigenvalue weighted by Crippen LogP contribution is 2.21. The number of halogens is 1. The van der Waals surface area contributed by atoms with Crippen LogP contribution >= 0.6 is 0 Å². The molecule has 0 bridgehead atoms. The molecule has 3 heterocycles. The maximum atomic E-state index is 14.0. The molecule has 4 rings (SSSR count). The number of nitrogens with zero attached hydrogens (tertiary/aromatic N) is 6. The number of morpholine rings is 1. The zero-order valence-electron chi connectivity index (χ0n) is 16.1. The monoisotopic (exact) mass is 409 g/mol. The van der Waals surface area contributed by atoms with Crippen molar-refractivity contribution in [3.05, 3.63) is 60.3 Å². The lowest BCUT2D eigenvalue weighted by Gasteiger charge is -2.27. The number of phenols is 1. The summed E-state index contributed by atoms with van der Waals surface area (Å²) in [7, 11) is 0. The molecule has 30 heavy (non-hydrogen) atoms. The van der Waals surface area contributed by atoms with E-state index in [2.05, 4.69) is 30.5 Å². The molecular formula is C20H20FN7O2. The lowest BCUT2D eigenvalue weighted by Crippen LogP contribution is -2.37. The Balaban J connectivity index is 1.37. The van der Waals surface area contributed by atoms with Crippen LogP contribution in [0.2, 0.25) is 0 Å². The van der Waals surface area contributed by atoms with E-state index < -0.39 is 5.82 Å². The van der Waals surface area contributed by atoms with Crippen LogP contribution in [0.25, 0.3) is 0 Å². The molecule has 0 spiro atoms. The Morgan fingerprint density at radius 3 is 2.73 bits per heavy atom. The highest BCUT2D eigenvalue weighted by molar-refractivity contribution is 5.60. The molecule has 0 amide bonds. The number of anilines is 3. The molecule has 1 aliphatic heterocycles. The predicted octanol–water partition coefficient (Wildman–Crippen LogP) is 3.58. The Labute approximate surface area is 172 Å². The normalized spacial score (nSPS) is 14.2. The van der Waals surface area contributed by atoms with Gasteiger partial charge < -0.3 is 20.1 Å². The zero-order valence-corrected chi connectivity index (χ0v) is 16.1. The number of benzene rings is 1. The maximum absolute atomic E-state index is 14.0. The van der Waals surface area contributed by atoms with Gasteiger partial charge in [-0.25, -0.2) is 9.37 Å². The Morgan fingerprint density at radius 1 is 1.10 bits per heavy atom. The summed E-state index contributed by atoms with van der Waals surface area (Å²) in [5, 5.41) is 20.7. The van der Waals surface area contributed by atoms with Gasteiger partial charge in [-0.05, 0) is 24.3 Å². The fourth-order valence-electron chi connectivity index (χ4n) is 2.91. The second kappa shape index (κ2) is 9.23. The highest BCUT2D eigenvalue weighted by atomic mass is 19.1. The van der Waals surface area contributed by atoms with E-state index in [4.69, 9.17) is 4.74 Å². The number of hydrogen-bond acceptors (Lipinski definition) is 9. The first-order valence-corrected chi connectivity index (χ1v) is 9.41. The molecule has 1 saturated heterocycles. The van der Waals surface area contributed by atoms with Gasteiger partial charge in [-0.2, -0.15) is 10.1 Å². The lowest BCUT2D eigenvalue weighted by atomic mass is 10.3. The van der Waals surface area contributed by atoms with Crippen molar-refractivity contribution >= 4 is 23.1 Å². The van der Waals surface area contributed by atoms with E-state index in [9.17, 15) is 9.50 Å². The molecule has 1 fully saturated rings. The summed E-state index contributed by atoms with van der Waals surface area (Å²) in [5.74, 6) is -0.0000594. The number of aromatic hydroxyl groups is 1. The Hall–Kier alpha value is -3.66. The molecular weight excluding hydrogens is 389 g/mol. The van der Waals surface area contributed by atoms with Crippen molar-refractivity contribution in [3.63, 3.8) is 0 Å². The Bertz CT molecular complexity index is 1020. The van der Waals surface area contributed by atoms with Crippen molar-refractivity contribution in [3.8, 4) is 5.75 Å². The second-order valence-electron chi connectivity index (χ2n) is 6.55. The van der Waals surface area contributed by atoms with Crippen LogP contribution in [0.1, 0.15) is 5.69 Å². The molecule has 3 aromatic rings. The molecule has 10 heteroatoms. The SMILES string of the molecule is Oc1cccc(Nc2ccc(C/N=N/c3ncc(F)c(N4CCOCC4)n3)nc2)c1. The minimum Gasteiger partial charge on any atom is -0.508 e. The van der Waals surface area contributed by atoms with Gasteiger partial charge in [0, 0.05) is 24.8 Å². The van der Waals surface area contributed by atoms with Crippen molar-refractivity contribution in [2.24, 2.45) is 10.2 Å². The molecule has 1 aliphatic rings. The van der Waals surface area contributed by atoms with E-state index in [1.54, 1.807) is 29.3 Å². The molecule has 9 nitrogen and oxygen atoms in total. The summed E-state index contributed by atoms with van der Waals surface area (Å²) in [5.41, 5.74) is 2.24. The van der Waals surface area contributed by atoms with Crippen LogP contribution in [0.5, 0.6) is 5.75 Å².